The number of hydrogen-bond acceptors (Lipinski definition) is 7. The molecular weight excluding hydrogens is 322 g/mol. The first-order valence-corrected chi connectivity index (χ1v) is 8.45. The van der Waals surface area contributed by atoms with E-state index in [0.717, 1.165) is 12.3 Å². The van der Waals surface area contributed by atoms with Gasteiger partial charge in [0.15, 0.2) is 0 Å². The molecule has 0 unspecified atom stereocenters. The summed E-state index contributed by atoms with van der Waals surface area (Å²) in [6.07, 6.45) is 1.11. The van der Waals surface area contributed by atoms with Gasteiger partial charge in [0, 0.05) is 32.2 Å². The molecule has 23 heavy (non-hydrogen) atoms. The predicted octanol–water partition coefficient (Wildman–Crippen LogP) is 0.420. The Bertz CT molecular complexity index is 829. The van der Waals surface area contributed by atoms with E-state index in [1.807, 2.05) is 6.07 Å². The average molecular weight is 335 g/mol. The molecule has 0 spiro atoms. The van der Waals surface area contributed by atoms with Crippen LogP contribution in [0.5, 0.6) is 0 Å². The lowest BCUT2D eigenvalue weighted by Gasteiger charge is -2.34. The molecule has 1 fully saturated rings. The Morgan fingerprint density at radius 2 is 1.65 bits per heavy atom. The molecule has 0 N–H and O–H groups in total. The van der Waals surface area contributed by atoms with Gasteiger partial charge in [-0.2, -0.15) is 14.8 Å². The minimum Gasteiger partial charge on any atom is -0.363 e. The largest absolute Gasteiger partial charge is 0.363 e. The lowest BCUT2D eigenvalue weighted by Crippen LogP contribution is -2.48. The Kier molecular flexibility index (Phi) is 4.50. The van der Waals surface area contributed by atoms with Gasteiger partial charge in [0.1, 0.15) is 17.8 Å². The van der Waals surface area contributed by atoms with Gasteiger partial charge in [0.25, 0.3) is 5.69 Å². The molecule has 10 heteroatoms. The van der Waals surface area contributed by atoms with Crippen LogP contribution in [0.1, 0.15) is 11.1 Å². The molecule has 1 heterocycles. The molecule has 9 nitrogen and oxygen atoms in total. The van der Waals surface area contributed by atoms with Crippen LogP contribution in [0.3, 0.4) is 0 Å². The quantitative estimate of drug-likeness (QED) is 0.577. The number of rotatable bonds is 3. The first-order valence-electron chi connectivity index (χ1n) is 6.60. The van der Waals surface area contributed by atoms with Gasteiger partial charge in [-0.05, 0) is 6.07 Å². The highest BCUT2D eigenvalue weighted by molar-refractivity contribution is 7.88. The maximum Gasteiger partial charge on any atom is 0.293 e. The summed E-state index contributed by atoms with van der Waals surface area (Å²) in [6.45, 7) is 0.950. The van der Waals surface area contributed by atoms with Crippen LogP contribution in [0.15, 0.2) is 12.1 Å². The van der Waals surface area contributed by atoms with Crippen LogP contribution in [-0.2, 0) is 10.0 Å². The zero-order valence-electron chi connectivity index (χ0n) is 12.3. The highest BCUT2D eigenvalue weighted by atomic mass is 32.2. The Balaban J connectivity index is 2.39. The molecule has 1 aliphatic rings. The molecule has 0 saturated carbocycles. The van der Waals surface area contributed by atoms with Crippen LogP contribution < -0.4 is 4.90 Å². The standard InChI is InChI=1S/C13H13N5O4S/c1-23(21,22)17-4-2-16(3-5-17)12-6-10(8-14)11(9-15)7-13(12)18(19)20/h6-7H,2-5H2,1H3. The summed E-state index contributed by atoms with van der Waals surface area (Å²) in [6, 6.07) is 6.01. The molecule has 2 rings (SSSR count). The third-order valence-corrected chi connectivity index (χ3v) is 4.90. The van der Waals surface area contributed by atoms with Gasteiger partial charge in [-0.25, -0.2) is 8.42 Å². The topological polar surface area (TPSA) is 131 Å². The summed E-state index contributed by atoms with van der Waals surface area (Å²) >= 11 is 0. The van der Waals surface area contributed by atoms with Crippen molar-refractivity contribution in [1.29, 1.82) is 10.5 Å². The monoisotopic (exact) mass is 335 g/mol. The molecule has 1 aromatic rings. The summed E-state index contributed by atoms with van der Waals surface area (Å²) in [7, 11) is -3.30. The molecule has 0 radical (unpaired) electrons. The fraction of sp³-hybridized carbons (Fsp3) is 0.385. The Morgan fingerprint density at radius 1 is 1.13 bits per heavy atom. The van der Waals surface area contributed by atoms with Gasteiger partial charge in [-0.1, -0.05) is 0 Å². The van der Waals surface area contributed by atoms with Crippen LogP contribution >= 0.6 is 0 Å². The highest BCUT2D eigenvalue weighted by Crippen LogP contribution is 2.32. The van der Waals surface area contributed by atoms with Gasteiger partial charge in [0.05, 0.1) is 22.3 Å². The third kappa shape index (κ3) is 3.39. The summed E-state index contributed by atoms with van der Waals surface area (Å²) in [4.78, 5) is 12.3. The first-order chi connectivity index (χ1) is 10.8. The van der Waals surface area contributed by atoms with Crippen molar-refractivity contribution < 1.29 is 13.3 Å². The Morgan fingerprint density at radius 3 is 2.09 bits per heavy atom. The van der Waals surface area contributed by atoms with Gasteiger partial charge < -0.3 is 4.90 Å². The normalized spacial score (nSPS) is 15.7. The molecule has 1 aromatic carbocycles. The average Bonchev–Trinajstić information content (AvgIpc) is 2.52. The number of sulfonamides is 1. The van der Waals surface area contributed by atoms with Crippen molar-refractivity contribution in [3.8, 4) is 12.1 Å². The van der Waals surface area contributed by atoms with E-state index in [0.29, 0.717) is 0 Å². The Hall–Kier alpha value is -2.69. The fourth-order valence-corrected chi connectivity index (χ4v) is 3.25. The second kappa shape index (κ2) is 6.20. The van der Waals surface area contributed by atoms with Gasteiger partial charge in [0.2, 0.25) is 10.0 Å². The molecule has 0 amide bonds. The minimum absolute atomic E-state index is 0.0543. The van der Waals surface area contributed by atoms with Crippen molar-refractivity contribution in [2.75, 3.05) is 37.3 Å². The van der Waals surface area contributed by atoms with Crippen molar-refractivity contribution in [2.45, 2.75) is 0 Å². The first kappa shape index (κ1) is 16.7. The number of nitro groups is 1. The molecule has 0 aliphatic carbocycles. The maximum atomic E-state index is 11.5. The maximum absolute atomic E-state index is 11.5. The van der Waals surface area contributed by atoms with Crippen molar-refractivity contribution >= 4 is 21.4 Å². The van der Waals surface area contributed by atoms with E-state index in [-0.39, 0.29) is 48.7 Å². The highest BCUT2D eigenvalue weighted by Gasteiger charge is 2.28. The molecule has 120 valence electrons. The van der Waals surface area contributed by atoms with Crippen LogP contribution in [0, 0.1) is 32.8 Å². The van der Waals surface area contributed by atoms with E-state index in [1.54, 1.807) is 11.0 Å². The van der Waals surface area contributed by atoms with Gasteiger partial charge >= 0.3 is 0 Å². The van der Waals surface area contributed by atoms with Gasteiger partial charge in [-0.3, -0.25) is 10.1 Å². The molecule has 0 atom stereocenters. The molecule has 1 aliphatic heterocycles. The minimum atomic E-state index is -3.30. The van der Waals surface area contributed by atoms with E-state index in [1.165, 1.54) is 10.4 Å². The number of anilines is 1. The fourth-order valence-electron chi connectivity index (χ4n) is 2.42. The number of hydrogen-bond donors (Lipinski definition) is 0. The van der Waals surface area contributed by atoms with E-state index in [2.05, 4.69) is 0 Å². The zero-order chi connectivity index (χ0) is 17.2. The van der Waals surface area contributed by atoms with Crippen molar-refractivity contribution in [3.63, 3.8) is 0 Å². The van der Waals surface area contributed by atoms with Crippen molar-refractivity contribution in [1.82, 2.24) is 4.31 Å². The molecule has 0 bridgehead atoms. The molecule has 1 saturated heterocycles. The molecular formula is C13H13N5O4S. The number of nitriles is 2. The zero-order valence-corrected chi connectivity index (χ0v) is 13.1. The van der Waals surface area contributed by atoms with E-state index < -0.39 is 14.9 Å². The van der Waals surface area contributed by atoms with Crippen LogP contribution in [0.25, 0.3) is 0 Å². The lowest BCUT2D eigenvalue weighted by molar-refractivity contribution is -0.384. The third-order valence-electron chi connectivity index (χ3n) is 3.60. The lowest BCUT2D eigenvalue weighted by atomic mass is 10.1. The SMILES string of the molecule is CS(=O)(=O)N1CCN(c2cc(C#N)c(C#N)cc2[N+](=O)[O-])CC1. The van der Waals surface area contributed by atoms with Crippen LogP contribution in [-0.4, -0.2) is 50.1 Å². The summed E-state index contributed by atoms with van der Waals surface area (Å²) in [5.74, 6) is 0. The second-order valence-corrected chi connectivity index (χ2v) is 7.00. The van der Waals surface area contributed by atoms with Gasteiger partial charge in [-0.15, -0.1) is 0 Å². The second-order valence-electron chi connectivity index (χ2n) is 5.02. The number of nitro benzene ring substituents is 1. The van der Waals surface area contributed by atoms with Crippen LogP contribution in [0.2, 0.25) is 0 Å². The Labute approximate surface area is 133 Å². The number of piperazine rings is 1. The van der Waals surface area contributed by atoms with E-state index in [4.69, 9.17) is 10.5 Å². The summed E-state index contributed by atoms with van der Waals surface area (Å²) in [5.41, 5.74) is -0.0524. The summed E-state index contributed by atoms with van der Waals surface area (Å²) < 4.78 is 24.3. The van der Waals surface area contributed by atoms with E-state index >= 15 is 0 Å². The van der Waals surface area contributed by atoms with Crippen molar-refractivity contribution in [3.05, 3.63) is 33.4 Å². The number of nitrogens with zero attached hydrogens (tertiary/aromatic N) is 5. The number of benzene rings is 1. The smallest absolute Gasteiger partial charge is 0.293 e. The van der Waals surface area contributed by atoms with E-state index in [9.17, 15) is 18.5 Å². The predicted molar refractivity (Wildman–Crippen MR) is 81.2 cm³/mol. The van der Waals surface area contributed by atoms with Crippen LogP contribution in [0.4, 0.5) is 11.4 Å². The molecule has 0 aromatic heterocycles. The summed E-state index contributed by atoms with van der Waals surface area (Å²) in [5, 5.41) is 29.3. The van der Waals surface area contributed by atoms with Crippen molar-refractivity contribution in [2.24, 2.45) is 0 Å².